The zero-order valence-corrected chi connectivity index (χ0v) is 14.5. The first-order valence-electron chi connectivity index (χ1n) is 8.29. The highest BCUT2D eigenvalue weighted by molar-refractivity contribution is 5.94. The predicted molar refractivity (Wildman–Crippen MR) is 99.6 cm³/mol. The fraction of sp³-hybridized carbons (Fsp3) is 0.286. The highest BCUT2D eigenvalue weighted by Crippen LogP contribution is 2.17. The SMILES string of the molecule is Cc1cc(CC(C)C)ccc1C/C=C/Nc1ccccc1C(=O)O. The van der Waals surface area contributed by atoms with Crippen molar-refractivity contribution in [1.29, 1.82) is 0 Å². The highest BCUT2D eigenvalue weighted by atomic mass is 16.4. The van der Waals surface area contributed by atoms with Crippen LogP contribution in [0.3, 0.4) is 0 Å². The molecular weight excluding hydrogens is 298 g/mol. The second-order valence-electron chi connectivity index (χ2n) is 6.46. The molecule has 24 heavy (non-hydrogen) atoms. The maximum atomic E-state index is 11.2. The summed E-state index contributed by atoms with van der Waals surface area (Å²) in [6.45, 7) is 6.60. The van der Waals surface area contributed by atoms with Crippen LogP contribution in [0.1, 0.15) is 40.9 Å². The monoisotopic (exact) mass is 323 g/mol. The van der Waals surface area contributed by atoms with Gasteiger partial charge in [0, 0.05) is 0 Å². The van der Waals surface area contributed by atoms with E-state index in [2.05, 4.69) is 44.3 Å². The van der Waals surface area contributed by atoms with Gasteiger partial charge in [-0.25, -0.2) is 4.79 Å². The summed E-state index contributed by atoms with van der Waals surface area (Å²) in [5.41, 5.74) is 4.83. The van der Waals surface area contributed by atoms with E-state index in [1.807, 2.05) is 18.3 Å². The average molecular weight is 323 g/mol. The zero-order chi connectivity index (χ0) is 17.5. The Kier molecular flexibility index (Phi) is 6.19. The highest BCUT2D eigenvalue weighted by Gasteiger charge is 2.07. The Morgan fingerprint density at radius 1 is 1.21 bits per heavy atom. The van der Waals surface area contributed by atoms with Gasteiger partial charge in [-0.15, -0.1) is 0 Å². The Labute approximate surface area is 144 Å². The second-order valence-corrected chi connectivity index (χ2v) is 6.46. The molecule has 3 nitrogen and oxygen atoms in total. The normalized spacial score (nSPS) is 11.2. The number of hydrogen-bond donors (Lipinski definition) is 2. The van der Waals surface area contributed by atoms with Crippen molar-refractivity contribution in [3.8, 4) is 0 Å². The molecule has 0 atom stereocenters. The summed E-state index contributed by atoms with van der Waals surface area (Å²) in [6, 6.07) is 13.5. The van der Waals surface area contributed by atoms with Gasteiger partial charge in [0.2, 0.25) is 0 Å². The number of carboxylic acid groups (broad SMARTS) is 1. The van der Waals surface area contributed by atoms with Crippen molar-refractivity contribution in [3.63, 3.8) is 0 Å². The third-order valence-corrected chi connectivity index (χ3v) is 3.90. The number of benzene rings is 2. The van der Waals surface area contributed by atoms with Crippen LogP contribution in [0, 0.1) is 12.8 Å². The lowest BCUT2D eigenvalue weighted by Crippen LogP contribution is -2.01. The van der Waals surface area contributed by atoms with E-state index < -0.39 is 5.97 Å². The van der Waals surface area contributed by atoms with Crippen molar-refractivity contribution in [3.05, 3.63) is 77.0 Å². The van der Waals surface area contributed by atoms with Crippen molar-refractivity contribution >= 4 is 11.7 Å². The lowest BCUT2D eigenvalue weighted by Gasteiger charge is -2.09. The van der Waals surface area contributed by atoms with Gasteiger partial charge in [-0.3, -0.25) is 0 Å². The minimum atomic E-state index is -0.928. The van der Waals surface area contributed by atoms with Crippen LogP contribution in [0.2, 0.25) is 0 Å². The smallest absolute Gasteiger partial charge is 0.337 e. The molecule has 2 aromatic rings. The maximum Gasteiger partial charge on any atom is 0.337 e. The maximum absolute atomic E-state index is 11.2. The zero-order valence-electron chi connectivity index (χ0n) is 14.5. The Balaban J connectivity index is 1.99. The van der Waals surface area contributed by atoms with Crippen molar-refractivity contribution in [1.82, 2.24) is 0 Å². The van der Waals surface area contributed by atoms with Gasteiger partial charge < -0.3 is 10.4 Å². The molecule has 0 bridgehead atoms. The number of anilines is 1. The standard InChI is InChI=1S/C21H25NO2/c1-15(2)13-17-10-11-18(16(3)14-17)7-6-12-22-20-9-5-4-8-19(20)21(23)24/h4-6,8-12,14-15,22H,7,13H2,1-3H3,(H,23,24)/b12-6+. The summed E-state index contributed by atoms with van der Waals surface area (Å²) >= 11 is 0. The molecule has 3 heteroatoms. The van der Waals surface area contributed by atoms with Gasteiger partial charge in [0.05, 0.1) is 11.3 Å². The summed E-state index contributed by atoms with van der Waals surface area (Å²) in [5.74, 6) is -0.267. The molecule has 2 rings (SSSR count). The van der Waals surface area contributed by atoms with Crippen molar-refractivity contribution in [2.75, 3.05) is 5.32 Å². The van der Waals surface area contributed by atoms with Gasteiger partial charge in [0.25, 0.3) is 0 Å². The van der Waals surface area contributed by atoms with Crippen LogP contribution in [0.25, 0.3) is 0 Å². The number of aryl methyl sites for hydroxylation is 1. The largest absolute Gasteiger partial charge is 0.478 e. The van der Waals surface area contributed by atoms with Crippen molar-refractivity contribution in [2.45, 2.75) is 33.6 Å². The first-order valence-corrected chi connectivity index (χ1v) is 8.29. The third kappa shape index (κ3) is 4.98. The van der Waals surface area contributed by atoms with E-state index >= 15 is 0 Å². The van der Waals surface area contributed by atoms with Crippen LogP contribution in [-0.4, -0.2) is 11.1 Å². The molecule has 0 fully saturated rings. The summed E-state index contributed by atoms with van der Waals surface area (Å²) in [4.78, 5) is 11.2. The molecule has 0 aliphatic heterocycles. The first kappa shape index (κ1) is 17.8. The Morgan fingerprint density at radius 3 is 2.62 bits per heavy atom. The summed E-state index contributed by atoms with van der Waals surface area (Å²) in [5, 5.41) is 12.2. The molecule has 0 radical (unpaired) electrons. The Morgan fingerprint density at radius 2 is 1.96 bits per heavy atom. The average Bonchev–Trinajstić information content (AvgIpc) is 2.53. The molecule has 0 heterocycles. The van der Waals surface area contributed by atoms with Crippen LogP contribution in [0.5, 0.6) is 0 Å². The summed E-state index contributed by atoms with van der Waals surface area (Å²) in [7, 11) is 0. The van der Waals surface area contributed by atoms with E-state index in [0.29, 0.717) is 11.6 Å². The number of nitrogens with one attached hydrogen (secondary N) is 1. The van der Waals surface area contributed by atoms with Gasteiger partial charge in [-0.2, -0.15) is 0 Å². The van der Waals surface area contributed by atoms with Gasteiger partial charge in [-0.05, 0) is 60.7 Å². The molecule has 0 unspecified atom stereocenters. The number of aromatic carboxylic acids is 1. The topological polar surface area (TPSA) is 49.3 Å². The number of para-hydroxylation sites is 1. The van der Waals surface area contributed by atoms with Crippen LogP contribution in [0.15, 0.2) is 54.7 Å². The van der Waals surface area contributed by atoms with Gasteiger partial charge in [-0.1, -0.05) is 50.3 Å². The Hall–Kier alpha value is -2.55. The molecule has 0 saturated heterocycles. The molecule has 0 aromatic heterocycles. The molecule has 0 aliphatic rings. The molecule has 2 aromatic carbocycles. The molecule has 0 saturated carbocycles. The van der Waals surface area contributed by atoms with E-state index in [4.69, 9.17) is 5.11 Å². The predicted octanol–water partition coefficient (Wildman–Crippen LogP) is 5.06. The minimum Gasteiger partial charge on any atom is -0.478 e. The van der Waals surface area contributed by atoms with Gasteiger partial charge in [0.1, 0.15) is 0 Å². The lowest BCUT2D eigenvalue weighted by molar-refractivity contribution is 0.0698. The van der Waals surface area contributed by atoms with E-state index in [-0.39, 0.29) is 5.56 Å². The number of carboxylic acids is 1. The number of carbonyl (C=O) groups is 1. The Bertz CT molecular complexity index is 732. The fourth-order valence-corrected chi connectivity index (χ4v) is 2.72. The van der Waals surface area contributed by atoms with Crippen LogP contribution >= 0.6 is 0 Å². The van der Waals surface area contributed by atoms with E-state index in [1.165, 1.54) is 16.7 Å². The number of allylic oxidation sites excluding steroid dienone is 1. The molecule has 0 amide bonds. The van der Waals surface area contributed by atoms with Crippen LogP contribution in [-0.2, 0) is 12.8 Å². The third-order valence-electron chi connectivity index (χ3n) is 3.90. The molecule has 0 aliphatic carbocycles. The fourth-order valence-electron chi connectivity index (χ4n) is 2.72. The molecule has 126 valence electrons. The molecule has 0 spiro atoms. The van der Waals surface area contributed by atoms with Crippen LogP contribution < -0.4 is 5.32 Å². The minimum absolute atomic E-state index is 0.274. The van der Waals surface area contributed by atoms with E-state index in [9.17, 15) is 4.79 Å². The van der Waals surface area contributed by atoms with Gasteiger partial charge in [0.15, 0.2) is 0 Å². The summed E-state index contributed by atoms with van der Waals surface area (Å²) in [6.07, 6.45) is 5.74. The quantitative estimate of drug-likeness (QED) is 0.749. The summed E-state index contributed by atoms with van der Waals surface area (Å²) < 4.78 is 0. The molecule has 2 N–H and O–H groups in total. The van der Waals surface area contributed by atoms with Gasteiger partial charge >= 0.3 is 5.97 Å². The molecular formula is C21H25NO2. The number of hydrogen-bond acceptors (Lipinski definition) is 2. The van der Waals surface area contributed by atoms with E-state index in [0.717, 1.165) is 12.8 Å². The van der Waals surface area contributed by atoms with Crippen LogP contribution in [0.4, 0.5) is 5.69 Å². The first-order chi connectivity index (χ1) is 11.5. The second kappa shape index (κ2) is 8.34. The van der Waals surface area contributed by atoms with E-state index in [1.54, 1.807) is 18.2 Å². The van der Waals surface area contributed by atoms with Crippen molar-refractivity contribution < 1.29 is 9.90 Å². The number of rotatable bonds is 7. The van der Waals surface area contributed by atoms with Crippen molar-refractivity contribution in [2.24, 2.45) is 5.92 Å². The lowest BCUT2D eigenvalue weighted by atomic mass is 9.97.